The van der Waals surface area contributed by atoms with Crippen LogP contribution in [0.2, 0.25) is 0 Å². The minimum absolute atomic E-state index is 0.101. The van der Waals surface area contributed by atoms with E-state index in [-0.39, 0.29) is 11.9 Å². The van der Waals surface area contributed by atoms with Gasteiger partial charge in [0.1, 0.15) is 6.04 Å². The smallest absolute Gasteiger partial charge is 0.242 e. The van der Waals surface area contributed by atoms with Gasteiger partial charge in [0.05, 0.1) is 6.20 Å². The SMILES string of the molecule is C=C(Br)CNC(=O)C(NC)c1cnn(C)c1. The molecule has 0 spiro atoms. The van der Waals surface area contributed by atoms with Crippen LogP contribution in [0.15, 0.2) is 23.5 Å². The lowest BCUT2D eigenvalue weighted by atomic mass is 10.1. The number of hydrogen-bond donors (Lipinski definition) is 2. The second-order valence-corrected chi connectivity index (χ2v) is 4.53. The van der Waals surface area contributed by atoms with E-state index >= 15 is 0 Å². The molecule has 0 radical (unpaired) electrons. The zero-order chi connectivity index (χ0) is 12.1. The van der Waals surface area contributed by atoms with Crippen molar-refractivity contribution in [1.29, 1.82) is 0 Å². The Hall–Kier alpha value is -1.14. The van der Waals surface area contributed by atoms with Crippen LogP contribution in [0.1, 0.15) is 11.6 Å². The first kappa shape index (κ1) is 12.9. The molecule has 0 fully saturated rings. The third kappa shape index (κ3) is 3.46. The highest BCUT2D eigenvalue weighted by Gasteiger charge is 2.19. The van der Waals surface area contributed by atoms with Crippen LogP contribution in [0.4, 0.5) is 0 Å². The normalized spacial score (nSPS) is 12.2. The minimum Gasteiger partial charge on any atom is -0.350 e. The standard InChI is InChI=1S/C10H15BrN4O/c1-7(11)4-13-10(16)9(12-2)8-5-14-15(3)6-8/h5-6,9,12H,1,4H2,2-3H3,(H,13,16). The quantitative estimate of drug-likeness (QED) is 0.838. The molecule has 1 heterocycles. The Morgan fingerprint density at radius 3 is 2.88 bits per heavy atom. The second-order valence-electron chi connectivity index (χ2n) is 3.40. The molecule has 0 aliphatic heterocycles. The Kier molecular flexibility index (Phi) is 4.70. The zero-order valence-corrected chi connectivity index (χ0v) is 10.9. The van der Waals surface area contributed by atoms with Crippen molar-refractivity contribution in [2.45, 2.75) is 6.04 Å². The van der Waals surface area contributed by atoms with Gasteiger partial charge in [-0.3, -0.25) is 9.48 Å². The average molecular weight is 287 g/mol. The van der Waals surface area contributed by atoms with Crippen LogP contribution < -0.4 is 10.6 Å². The third-order valence-electron chi connectivity index (χ3n) is 2.06. The third-order valence-corrected chi connectivity index (χ3v) is 2.34. The molecule has 88 valence electrons. The number of halogens is 1. The van der Waals surface area contributed by atoms with Crippen molar-refractivity contribution >= 4 is 21.8 Å². The molecule has 1 amide bonds. The van der Waals surface area contributed by atoms with Gasteiger partial charge in [0.25, 0.3) is 0 Å². The van der Waals surface area contributed by atoms with Gasteiger partial charge in [-0.05, 0) is 7.05 Å². The van der Waals surface area contributed by atoms with Gasteiger partial charge in [-0.2, -0.15) is 5.10 Å². The number of rotatable bonds is 5. The number of nitrogens with one attached hydrogen (secondary N) is 2. The van der Waals surface area contributed by atoms with Crippen molar-refractivity contribution in [2.75, 3.05) is 13.6 Å². The van der Waals surface area contributed by atoms with Crippen molar-refractivity contribution in [2.24, 2.45) is 7.05 Å². The van der Waals surface area contributed by atoms with Gasteiger partial charge in [0.15, 0.2) is 0 Å². The maximum Gasteiger partial charge on any atom is 0.242 e. The number of hydrogen-bond acceptors (Lipinski definition) is 3. The van der Waals surface area contributed by atoms with Crippen molar-refractivity contribution in [3.63, 3.8) is 0 Å². The molecule has 5 nitrogen and oxygen atoms in total. The summed E-state index contributed by atoms with van der Waals surface area (Å²) >= 11 is 3.19. The van der Waals surface area contributed by atoms with Gasteiger partial charge in [-0.25, -0.2) is 0 Å². The van der Waals surface area contributed by atoms with Crippen LogP contribution in [0.25, 0.3) is 0 Å². The zero-order valence-electron chi connectivity index (χ0n) is 9.33. The van der Waals surface area contributed by atoms with Gasteiger partial charge in [-0.1, -0.05) is 22.5 Å². The largest absolute Gasteiger partial charge is 0.350 e. The summed E-state index contributed by atoms with van der Waals surface area (Å²) in [4.78, 5) is 11.8. The van der Waals surface area contributed by atoms with E-state index in [0.29, 0.717) is 6.54 Å². The molecule has 2 N–H and O–H groups in total. The summed E-state index contributed by atoms with van der Waals surface area (Å²) in [5, 5.41) is 9.73. The molecule has 1 aromatic heterocycles. The Balaban J connectivity index is 2.67. The fourth-order valence-electron chi connectivity index (χ4n) is 1.32. The van der Waals surface area contributed by atoms with E-state index in [1.165, 1.54) is 0 Å². The van der Waals surface area contributed by atoms with Crippen LogP contribution in [0.3, 0.4) is 0 Å². The molecule has 0 saturated heterocycles. The van der Waals surface area contributed by atoms with Crippen LogP contribution in [-0.2, 0) is 11.8 Å². The van der Waals surface area contributed by atoms with E-state index in [9.17, 15) is 4.79 Å². The molecule has 0 bridgehead atoms. The fourth-order valence-corrected chi connectivity index (χ4v) is 1.46. The highest BCUT2D eigenvalue weighted by atomic mass is 79.9. The number of likely N-dealkylation sites (N-methyl/N-ethyl adjacent to an activating group) is 1. The van der Waals surface area contributed by atoms with Gasteiger partial charge < -0.3 is 10.6 Å². The van der Waals surface area contributed by atoms with E-state index < -0.39 is 0 Å². The number of nitrogens with zero attached hydrogens (tertiary/aromatic N) is 2. The Morgan fingerprint density at radius 2 is 2.44 bits per heavy atom. The van der Waals surface area contributed by atoms with E-state index in [1.54, 1.807) is 17.9 Å². The number of amides is 1. The van der Waals surface area contributed by atoms with Gasteiger partial charge in [0, 0.05) is 29.8 Å². The first-order chi connectivity index (χ1) is 7.54. The van der Waals surface area contributed by atoms with E-state index in [1.807, 2.05) is 13.2 Å². The van der Waals surface area contributed by atoms with Gasteiger partial charge >= 0.3 is 0 Å². The first-order valence-electron chi connectivity index (χ1n) is 4.81. The molecule has 0 aliphatic rings. The lowest BCUT2D eigenvalue weighted by Crippen LogP contribution is -2.36. The highest BCUT2D eigenvalue weighted by Crippen LogP contribution is 2.11. The second kappa shape index (κ2) is 5.81. The molecule has 0 saturated carbocycles. The summed E-state index contributed by atoms with van der Waals surface area (Å²) < 4.78 is 2.40. The summed E-state index contributed by atoms with van der Waals surface area (Å²) in [5.74, 6) is -0.101. The fraction of sp³-hybridized carbons (Fsp3) is 0.400. The van der Waals surface area contributed by atoms with Crippen molar-refractivity contribution < 1.29 is 4.79 Å². The van der Waals surface area contributed by atoms with Crippen molar-refractivity contribution in [3.05, 3.63) is 29.0 Å². The van der Waals surface area contributed by atoms with Crippen LogP contribution in [0, 0.1) is 0 Å². The summed E-state index contributed by atoms with van der Waals surface area (Å²) in [6, 6.07) is -0.388. The Labute approximate surface area is 103 Å². The average Bonchev–Trinajstić information content (AvgIpc) is 2.63. The number of carbonyl (C=O) groups excluding carboxylic acids is 1. The van der Waals surface area contributed by atoms with Crippen LogP contribution >= 0.6 is 15.9 Å². The molecule has 0 aromatic carbocycles. The molecule has 1 rings (SSSR count). The first-order valence-corrected chi connectivity index (χ1v) is 5.60. The lowest BCUT2D eigenvalue weighted by molar-refractivity contribution is -0.122. The van der Waals surface area contributed by atoms with E-state index in [2.05, 4.69) is 38.2 Å². The molecular formula is C10H15BrN4O. The predicted octanol–water partition coefficient (Wildman–Crippen LogP) is 0.705. The maximum atomic E-state index is 11.8. The molecule has 1 atom stereocenters. The number of aryl methyl sites for hydroxylation is 1. The predicted molar refractivity (Wildman–Crippen MR) is 66.1 cm³/mol. The van der Waals surface area contributed by atoms with Gasteiger partial charge in [-0.15, -0.1) is 0 Å². The van der Waals surface area contributed by atoms with E-state index in [0.717, 1.165) is 10.0 Å². The van der Waals surface area contributed by atoms with Crippen molar-refractivity contribution in [1.82, 2.24) is 20.4 Å². The summed E-state index contributed by atoms with van der Waals surface area (Å²) in [7, 11) is 3.55. The molecule has 1 unspecified atom stereocenters. The molecule has 6 heteroatoms. The molecule has 0 aliphatic carbocycles. The monoisotopic (exact) mass is 286 g/mol. The Morgan fingerprint density at radius 1 is 1.75 bits per heavy atom. The van der Waals surface area contributed by atoms with Crippen LogP contribution in [-0.4, -0.2) is 29.3 Å². The van der Waals surface area contributed by atoms with Crippen LogP contribution in [0.5, 0.6) is 0 Å². The summed E-state index contributed by atoms with van der Waals surface area (Å²) in [6.45, 7) is 4.07. The van der Waals surface area contributed by atoms with Gasteiger partial charge in [0.2, 0.25) is 5.91 Å². The van der Waals surface area contributed by atoms with E-state index in [4.69, 9.17) is 0 Å². The topological polar surface area (TPSA) is 59.0 Å². The minimum atomic E-state index is -0.388. The van der Waals surface area contributed by atoms with Crippen molar-refractivity contribution in [3.8, 4) is 0 Å². The highest BCUT2D eigenvalue weighted by molar-refractivity contribution is 9.11. The Bertz CT molecular complexity index is 388. The molecular weight excluding hydrogens is 272 g/mol. The summed E-state index contributed by atoms with van der Waals surface area (Å²) in [5.41, 5.74) is 0.836. The lowest BCUT2D eigenvalue weighted by Gasteiger charge is -2.14. The number of carbonyl (C=O) groups is 1. The summed E-state index contributed by atoms with van der Waals surface area (Å²) in [6.07, 6.45) is 3.48. The molecule has 1 aromatic rings. The molecule has 16 heavy (non-hydrogen) atoms. The maximum absolute atomic E-state index is 11.8. The number of aromatic nitrogens is 2.